The number of rotatable bonds is 7. The second kappa shape index (κ2) is 8.15. The molecule has 134 valence electrons. The summed E-state index contributed by atoms with van der Waals surface area (Å²) in [6.45, 7) is 0.890. The molecule has 26 heavy (non-hydrogen) atoms. The Morgan fingerprint density at radius 2 is 1.77 bits per heavy atom. The van der Waals surface area contributed by atoms with Crippen molar-refractivity contribution in [1.29, 1.82) is 0 Å². The van der Waals surface area contributed by atoms with Crippen LogP contribution in [0.1, 0.15) is 10.4 Å². The fraction of sp³-hybridized carbons (Fsp3) is 0.211. The molecule has 7 heteroatoms. The molecular weight excluding hydrogens is 332 g/mol. The maximum absolute atomic E-state index is 12.5. The summed E-state index contributed by atoms with van der Waals surface area (Å²) in [6.07, 6.45) is 3.08. The summed E-state index contributed by atoms with van der Waals surface area (Å²) in [7, 11) is 3.37. The van der Waals surface area contributed by atoms with Crippen LogP contribution in [-0.4, -0.2) is 52.9 Å². The Kier molecular flexibility index (Phi) is 5.48. The third kappa shape index (κ3) is 4.18. The predicted octanol–water partition coefficient (Wildman–Crippen LogP) is 2.43. The van der Waals surface area contributed by atoms with Crippen LogP contribution in [0.4, 0.5) is 0 Å². The van der Waals surface area contributed by atoms with Crippen molar-refractivity contribution in [2.24, 2.45) is 0 Å². The molecule has 0 spiro atoms. The maximum atomic E-state index is 12.5. The quantitative estimate of drug-likeness (QED) is 0.653. The lowest BCUT2D eigenvalue weighted by Crippen LogP contribution is -2.30. The molecule has 0 saturated heterocycles. The van der Waals surface area contributed by atoms with E-state index in [0.29, 0.717) is 18.7 Å². The molecule has 7 nitrogen and oxygen atoms in total. The Balaban J connectivity index is 1.52. The summed E-state index contributed by atoms with van der Waals surface area (Å²) in [6, 6.07) is 14.6. The number of hydrogen-bond donors (Lipinski definition) is 0. The van der Waals surface area contributed by atoms with Crippen LogP contribution in [0.2, 0.25) is 0 Å². The van der Waals surface area contributed by atoms with Gasteiger partial charge in [-0.25, -0.2) is 9.67 Å². The number of ether oxygens (including phenoxy) is 2. The average molecular weight is 352 g/mol. The van der Waals surface area contributed by atoms with Crippen molar-refractivity contribution < 1.29 is 14.3 Å². The molecule has 0 aliphatic rings. The van der Waals surface area contributed by atoms with E-state index in [1.54, 1.807) is 42.2 Å². The van der Waals surface area contributed by atoms with Crippen LogP contribution in [0, 0.1) is 0 Å². The van der Waals surface area contributed by atoms with Gasteiger partial charge in [0.15, 0.2) is 0 Å². The normalized spacial score (nSPS) is 10.4. The number of benzene rings is 2. The lowest BCUT2D eigenvalue weighted by atomic mass is 10.2. The summed E-state index contributed by atoms with van der Waals surface area (Å²) in [5, 5.41) is 4.06. The third-order valence-corrected chi connectivity index (χ3v) is 3.90. The average Bonchev–Trinajstić information content (AvgIpc) is 3.23. The van der Waals surface area contributed by atoms with Gasteiger partial charge < -0.3 is 14.4 Å². The second-order valence-electron chi connectivity index (χ2n) is 5.64. The largest absolute Gasteiger partial charge is 0.497 e. The Hall–Kier alpha value is -3.35. The van der Waals surface area contributed by atoms with Crippen LogP contribution in [0.3, 0.4) is 0 Å². The van der Waals surface area contributed by atoms with Crippen molar-refractivity contribution in [3.63, 3.8) is 0 Å². The molecule has 0 bridgehead atoms. The van der Waals surface area contributed by atoms with Gasteiger partial charge in [-0.1, -0.05) is 0 Å². The summed E-state index contributed by atoms with van der Waals surface area (Å²) in [5.74, 6) is 1.45. The molecule has 0 radical (unpaired) electrons. The molecule has 1 amide bonds. The minimum atomic E-state index is -0.0616. The van der Waals surface area contributed by atoms with Crippen LogP contribution in [0.5, 0.6) is 11.5 Å². The molecule has 0 N–H and O–H groups in total. The van der Waals surface area contributed by atoms with Gasteiger partial charge in [0, 0.05) is 12.6 Å². The minimum absolute atomic E-state index is 0.0616. The van der Waals surface area contributed by atoms with Gasteiger partial charge in [-0.3, -0.25) is 4.79 Å². The van der Waals surface area contributed by atoms with E-state index in [0.717, 1.165) is 17.2 Å². The minimum Gasteiger partial charge on any atom is -0.497 e. The van der Waals surface area contributed by atoms with E-state index in [1.807, 2.05) is 36.4 Å². The highest BCUT2D eigenvalue weighted by Gasteiger charge is 2.12. The molecule has 3 rings (SSSR count). The molecule has 0 fully saturated rings. The van der Waals surface area contributed by atoms with Crippen LogP contribution in [0.25, 0.3) is 5.69 Å². The molecule has 1 aromatic heterocycles. The number of carbonyl (C=O) groups is 1. The molecule has 0 aliphatic heterocycles. The van der Waals surface area contributed by atoms with Gasteiger partial charge in [0.25, 0.3) is 5.91 Å². The first-order chi connectivity index (χ1) is 12.7. The Morgan fingerprint density at radius 3 is 2.38 bits per heavy atom. The van der Waals surface area contributed by atoms with E-state index < -0.39 is 0 Å². The van der Waals surface area contributed by atoms with E-state index >= 15 is 0 Å². The monoisotopic (exact) mass is 352 g/mol. The van der Waals surface area contributed by atoms with Gasteiger partial charge in [-0.05, 0) is 48.5 Å². The number of likely N-dealkylation sites (N-methyl/N-ethyl adjacent to an activating group) is 1. The summed E-state index contributed by atoms with van der Waals surface area (Å²) >= 11 is 0. The van der Waals surface area contributed by atoms with Crippen molar-refractivity contribution in [3.8, 4) is 17.2 Å². The zero-order valence-corrected chi connectivity index (χ0v) is 14.7. The number of hydrogen-bond acceptors (Lipinski definition) is 5. The number of methoxy groups -OCH3 is 1. The number of aromatic nitrogens is 3. The SMILES string of the molecule is COc1ccc(OCCN(C)C(=O)c2ccc(-n3cncn3)cc2)cc1. The van der Waals surface area contributed by atoms with Crippen LogP contribution < -0.4 is 9.47 Å². The molecule has 0 saturated carbocycles. The molecule has 1 heterocycles. The predicted molar refractivity (Wildman–Crippen MR) is 96.8 cm³/mol. The van der Waals surface area contributed by atoms with Gasteiger partial charge in [0.1, 0.15) is 30.8 Å². The summed E-state index contributed by atoms with van der Waals surface area (Å²) in [4.78, 5) is 18.0. The van der Waals surface area contributed by atoms with E-state index in [4.69, 9.17) is 9.47 Å². The fourth-order valence-electron chi connectivity index (χ4n) is 2.39. The van der Waals surface area contributed by atoms with Crippen molar-refractivity contribution in [1.82, 2.24) is 19.7 Å². The molecule has 0 aliphatic carbocycles. The highest BCUT2D eigenvalue weighted by atomic mass is 16.5. The van der Waals surface area contributed by atoms with Gasteiger partial charge >= 0.3 is 0 Å². The van der Waals surface area contributed by atoms with Crippen molar-refractivity contribution in [3.05, 3.63) is 66.7 Å². The maximum Gasteiger partial charge on any atom is 0.253 e. The van der Waals surface area contributed by atoms with Gasteiger partial charge in [-0.2, -0.15) is 5.10 Å². The third-order valence-electron chi connectivity index (χ3n) is 3.90. The zero-order chi connectivity index (χ0) is 18.4. The van der Waals surface area contributed by atoms with E-state index in [9.17, 15) is 4.79 Å². The second-order valence-corrected chi connectivity index (χ2v) is 5.64. The fourth-order valence-corrected chi connectivity index (χ4v) is 2.39. The van der Waals surface area contributed by atoms with Crippen LogP contribution >= 0.6 is 0 Å². The van der Waals surface area contributed by atoms with Crippen molar-refractivity contribution in [2.75, 3.05) is 27.3 Å². The van der Waals surface area contributed by atoms with Crippen molar-refractivity contribution >= 4 is 5.91 Å². The standard InChI is InChI=1S/C19H20N4O3/c1-22(11-12-26-18-9-7-17(25-2)8-10-18)19(24)15-3-5-16(6-4-15)23-14-20-13-21-23/h3-10,13-14H,11-12H2,1-2H3. The molecule has 3 aromatic rings. The van der Waals surface area contributed by atoms with Crippen LogP contribution in [-0.2, 0) is 0 Å². The molecule has 0 unspecified atom stereocenters. The lowest BCUT2D eigenvalue weighted by Gasteiger charge is -2.18. The highest BCUT2D eigenvalue weighted by molar-refractivity contribution is 5.94. The lowest BCUT2D eigenvalue weighted by molar-refractivity contribution is 0.0774. The van der Waals surface area contributed by atoms with Crippen molar-refractivity contribution in [2.45, 2.75) is 0 Å². The van der Waals surface area contributed by atoms with E-state index in [-0.39, 0.29) is 5.91 Å². The van der Waals surface area contributed by atoms with Gasteiger partial charge in [0.05, 0.1) is 19.3 Å². The molecule has 0 atom stereocenters. The number of amides is 1. The van der Waals surface area contributed by atoms with Crippen LogP contribution in [0.15, 0.2) is 61.2 Å². The summed E-state index contributed by atoms with van der Waals surface area (Å²) < 4.78 is 12.4. The number of carbonyl (C=O) groups excluding carboxylic acids is 1. The Labute approximate surface area is 151 Å². The Morgan fingerprint density at radius 1 is 1.08 bits per heavy atom. The highest BCUT2D eigenvalue weighted by Crippen LogP contribution is 2.17. The smallest absolute Gasteiger partial charge is 0.253 e. The zero-order valence-electron chi connectivity index (χ0n) is 14.7. The first kappa shape index (κ1) is 17.5. The van der Waals surface area contributed by atoms with Gasteiger partial charge in [-0.15, -0.1) is 0 Å². The topological polar surface area (TPSA) is 69.5 Å². The Bertz CT molecular complexity index is 830. The van der Waals surface area contributed by atoms with Gasteiger partial charge in [0.2, 0.25) is 0 Å². The number of nitrogens with zero attached hydrogens (tertiary/aromatic N) is 4. The molecule has 2 aromatic carbocycles. The molecular formula is C19H20N4O3. The summed E-state index contributed by atoms with van der Waals surface area (Å²) in [5.41, 5.74) is 1.46. The first-order valence-corrected chi connectivity index (χ1v) is 8.15. The van der Waals surface area contributed by atoms with E-state index in [1.165, 1.54) is 6.33 Å². The van der Waals surface area contributed by atoms with E-state index in [2.05, 4.69) is 10.1 Å². The first-order valence-electron chi connectivity index (χ1n) is 8.15.